The Bertz CT molecular complexity index is 1110. The molecule has 2 N–H and O–H groups in total. The fourth-order valence-corrected chi connectivity index (χ4v) is 3.03. The zero-order valence-electron chi connectivity index (χ0n) is 15.2. The molecule has 6 nitrogen and oxygen atoms in total. The van der Waals surface area contributed by atoms with Gasteiger partial charge in [-0.05, 0) is 57.9 Å². The molecule has 7 heteroatoms. The Balaban J connectivity index is 1.62. The Kier molecular flexibility index (Phi) is 6.61. The molecule has 0 aliphatic carbocycles. The van der Waals surface area contributed by atoms with Crippen molar-refractivity contribution in [1.82, 2.24) is 5.43 Å². The maximum atomic E-state index is 12.0. The maximum absolute atomic E-state index is 12.0. The van der Waals surface area contributed by atoms with Crippen LogP contribution in [-0.4, -0.2) is 17.2 Å². The van der Waals surface area contributed by atoms with Crippen molar-refractivity contribution in [2.24, 2.45) is 5.10 Å². The summed E-state index contributed by atoms with van der Waals surface area (Å²) < 4.78 is 6.51. The Hall–Kier alpha value is -3.63. The van der Waals surface area contributed by atoms with Gasteiger partial charge in [-0.25, -0.2) is 5.43 Å². The van der Waals surface area contributed by atoms with E-state index in [0.29, 0.717) is 15.8 Å². The second kappa shape index (κ2) is 9.53. The third kappa shape index (κ3) is 5.21. The zero-order valence-corrected chi connectivity index (χ0v) is 16.8. The van der Waals surface area contributed by atoms with Gasteiger partial charge in [0.25, 0.3) is 5.91 Å². The number of phenols is 1. The van der Waals surface area contributed by atoms with Crippen molar-refractivity contribution in [1.29, 1.82) is 5.26 Å². The number of nitrogens with one attached hydrogen (secondary N) is 1. The van der Waals surface area contributed by atoms with Crippen molar-refractivity contribution in [3.05, 3.63) is 93.5 Å². The van der Waals surface area contributed by atoms with E-state index in [1.54, 1.807) is 36.4 Å². The van der Waals surface area contributed by atoms with Crippen LogP contribution in [0.3, 0.4) is 0 Å². The number of para-hydroxylation sites is 1. The number of carbonyl (C=O) groups is 1. The van der Waals surface area contributed by atoms with Crippen LogP contribution in [0, 0.1) is 11.3 Å². The molecule has 0 atom stereocenters. The number of benzene rings is 3. The highest BCUT2D eigenvalue weighted by Gasteiger charge is 2.09. The summed E-state index contributed by atoms with van der Waals surface area (Å²) in [7, 11) is 0. The molecular formula is C22H16BrN3O3. The third-order valence-electron chi connectivity index (χ3n) is 4.01. The van der Waals surface area contributed by atoms with E-state index in [1.165, 1.54) is 18.3 Å². The Morgan fingerprint density at radius 3 is 2.69 bits per heavy atom. The lowest BCUT2D eigenvalue weighted by Crippen LogP contribution is -2.17. The number of ether oxygens (including phenoxy) is 1. The van der Waals surface area contributed by atoms with Crippen LogP contribution in [0.5, 0.6) is 11.5 Å². The molecule has 0 bridgehead atoms. The summed E-state index contributed by atoms with van der Waals surface area (Å²) in [6.07, 6.45) is 1.48. The molecule has 29 heavy (non-hydrogen) atoms. The van der Waals surface area contributed by atoms with Crippen molar-refractivity contribution in [3.63, 3.8) is 0 Å². The van der Waals surface area contributed by atoms with E-state index in [9.17, 15) is 9.90 Å². The first kappa shape index (κ1) is 20.1. The summed E-state index contributed by atoms with van der Waals surface area (Å²) in [5, 5.41) is 22.7. The normalized spacial score (nSPS) is 10.5. The minimum atomic E-state index is -0.505. The summed E-state index contributed by atoms with van der Waals surface area (Å²) >= 11 is 3.45. The van der Waals surface area contributed by atoms with Crippen LogP contribution in [0.2, 0.25) is 0 Å². The molecule has 0 radical (unpaired) electrons. The first-order chi connectivity index (χ1) is 14.1. The number of halogens is 1. The maximum Gasteiger partial charge on any atom is 0.275 e. The number of nitriles is 1. The molecule has 0 saturated heterocycles. The lowest BCUT2D eigenvalue weighted by Gasteiger charge is -2.10. The number of hydrogen-bond acceptors (Lipinski definition) is 5. The molecular weight excluding hydrogens is 434 g/mol. The van der Waals surface area contributed by atoms with Gasteiger partial charge in [0.05, 0.1) is 27.9 Å². The predicted molar refractivity (Wildman–Crippen MR) is 113 cm³/mol. The lowest BCUT2D eigenvalue weighted by molar-refractivity contribution is 0.0952. The number of phenolic OH excluding ortho intramolecular Hbond substituents is 1. The van der Waals surface area contributed by atoms with Gasteiger partial charge in [-0.2, -0.15) is 10.4 Å². The fourth-order valence-electron chi connectivity index (χ4n) is 2.52. The third-order valence-corrected chi connectivity index (χ3v) is 4.63. The lowest BCUT2D eigenvalue weighted by atomic mass is 10.1. The van der Waals surface area contributed by atoms with Gasteiger partial charge < -0.3 is 9.84 Å². The summed E-state index contributed by atoms with van der Waals surface area (Å²) in [6, 6.07) is 21.0. The molecule has 0 unspecified atom stereocenters. The number of hydrogen-bond donors (Lipinski definition) is 2. The molecule has 0 aliphatic rings. The van der Waals surface area contributed by atoms with E-state index in [2.05, 4.69) is 32.5 Å². The molecule has 0 aromatic heterocycles. The van der Waals surface area contributed by atoms with Gasteiger partial charge in [0.15, 0.2) is 0 Å². The molecule has 0 fully saturated rings. The zero-order chi connectivity index (χ0) is 20.6. The van der Waals surface area contributed by atoms with Gasteiger partial charge in [-0.3, -0.25) is 4.79 Å². The average Bonchev–Trinajstić information content (AvgIpc) is 2.73. The van der Waals surface area contributed by atoms with Crippen LogP contribution in [0.25, 0.3) is 0 Å². The molecule has 0 heterocycles. The number of hydrazone groups is 1. The van der Waals surface area contributed by atoms with Crippen LogP contribution in [0.15, 0.2) is 76.3 Å². The second-order valence-electron chi connectivity index (χ2n) is 5.96. The number of rotatable bonds is 6. The van der Waals surface area contributed by atoms with E-state index >= 15 is 0 Å². The first-order valence-electron chi connectivity index (χ1n) is 8.60. The number of aromatic hydroxyl groups is 1. The van der Waals surface area contributed by atoms with Gasteiger partial charge in [-0.15, -0.1) is 0 Å². The van der Waals surface area contributed by atoms with Crippen molar-refractivity contribution >= 4 is 28.1 Å². The Morgan fingerprint density at radius 2 is 1.93 bits per heavy atom. The van der Waals surface area contributed by atoms with Gasteiger partial charge in [-0.1, -0.05) is 30.3 Å². The highest BCUT2D eigenvalue weighted by atomic mass is 79.9. The number of nitrogens with zero attached hydrogens (tertiary/aromatic N) is 2. The molecule has 0 aliphatic heterocycles. The van der Waals surface area contributed by atoms with Gasteiger partial charge >= 0.3 is 0 Å². The summed E-state index contributed by atoms with van der Waals surface area (Å²) in [6.45, 7) is 0.270. The average molecular weight is 450 g/mol. The van der Waals surface area contributed by atoms with Crippen LogP contribution in [0.4, 0.5) is 0 Å². The summed E-state index contributed by atoms with van der Waals surface area (Å²) in [5.74, 6) is 0.00470. The van der Waals surface area contributed by atoms with Crippen LogP contribution in [-0.2, 0) is 6.61 Å². The minimum absolute atomic E-state index is 0.109. The largest absolute Gasteiger partial charge is 0.507 e. The molecule has 144 valence electrons. The number of amides is 1. The van der Waals surface area contributed by atoms with E-state index in [-0.39, 0.29) is 17.9 Å². The van der Waals surface area contributed by atoms with Crippen molar-refractivity contribution < 1.29 is 14.6 Å². The summed E-state index contributed by atoms with van der Waals surface area (Å²) in [4.78, 5) is 12.0. The molecule has 3 rings (SSSR count). The highest BCUT2D eigenvalue weighted by Crippen LogP contribution is 2.26. The van der Waals surface area contributed by atoms with Crippen LogP contribution < -0.4 is 10.2 Å². The van der Waals surface area contributed by atoms with Crippen molar-refractivity contribution in [2.75, 3.05) is 0 Å². The fraction of sp³-hybridized carbons (Fsp3) is 0.0455. The van der Waals surface area contributed by atoms with Crippen LogP contribution >= 0.6 is 15.9 Å². The van der Waals surface area contributed by atoms with E-state index in [4.69, 9.17) is 10.00 Å². The van der Waals surface area contributed by atoms with Gasteiger partial charge in [0, 0.05) is 5.56 Å². The summed E-state index contributed by atoms with van der Waals surface area (Å²) in [5.41, 5.74) is 4.64. The first-order valence-corrected chi connectivity index (χ1v) is 9.39. The van der Waals surface area contributed by atoms with E-state index in [0.717, 1.165) is 11.1 Å². The minimum Gasteiger partial charge on any atom is -0.507 e. The highest BCUT2D eigenvalue weighted by molar-refractivity contribution is 9.10. The monoisotopic (exact) mass is 449 g/mol. The standard InChI is InChI=1S/C22H16BrN3O3/c23-19-11-15(13-25-26-22(28)18-7-3-4-8-20(18)27)9-10-21(19)29-14-17-6-2-1-5-16(17)12-24/h1-11,13,27H,14H2,(H,26,28)/b25-13-. The van der Waals surface area contributed by atoms with Crippen molar-refractivity contribution in [2.45, 2.75) is 6.61 Å². The molecule has 0 saturated carbocycles. The second-order valence-corrected chi connectivity index (χ2v) is 6.82. The molecule has 3 aromatic rings. The topological polar surface area (TPSA) is 94.7 Å². The van der Waals surface area contributed by atoms with E-state index in [1.807, 2.05) is 18.2 Å². The number of carbonyl (C=O) groups excluding carboxylic acids is 1. The van der Waals surface area contributed by atoms with E-state index < -0.39 is 5.91 Å². The van der Waals surface area contributed by atoms with Crippen LogP contribution in [0.1, 0.15) is 27.0 Å². The van der Waals surface area contributed by atoms with Gasteiger partial charge in [0.1, 0.15) is 18.1 Å². The molecule has 3 aromatic carbocycles. The molecule has 1 amide bonds. The Labute approximate surface area is 176 Å². The Morgan fingerprint density at radius 1 is 1.17 bits per heavy atom. The molecule has 0 spiro atoms. The SMILES string of the molecule is N#Cc1ccccc1COc1ccc(/C=N\NC(=O)c2ccccc2O)cc1Br. The smallest absolute Gasteiger partial charge is 0.275 e. The van der Waals surface area contributed by atoms with Crippen molar-refractivity contribution in [3.8, 4) is 17.6 Å². The quantitative estimate of drug-likeness (QED) is 0.431. The van der Waals surface area contributed by atoms with Gasteiger partial charge in [0.2, 0.25) is 0 Å². The predicted octanol–water partition coefficient (Wildman–Crippen LogP) is 4.37.